The summed E-state index contributed by atoms with van der Waals surface area (Å²) in [6.07, 6.45) is 1.42. The standard InChI is InChI=1S/C32H26Cl2N4O4S/c1-19(30(40)37-27-13-6-5-10-23(27)29(35)39)43-22-16-14-21(15-17-22)36-32(42)28(18-24-25(33)11-7-12-26(24)34)38-31(41)20-8-3-2-4-9-20/h2-19H,1H3,(H2,35,39)(H,36,42)(H,37,40)(H,38,41)/b28-18-. The third kappa shape index (κ3) is 8.48. The van der Waals surface area contributed by atoms with Gasteiger partial charge in [0.15, 0.2) is 0 Å². The zero-order valence-corrected chi connectivity index (χ0v) is 25.1. The minimum absolute atomic E-state index is 0.0659. The van der Waals surface area contributed by atoms with Gasteiger partial charge in [-0.15, -0.1) is 11.8 Å². The zero-order valence-electron chi connectivity index (χ0n) is 22.8. The van der Waals surface area contributed by atoms with Gasteiger partial charge in [0.1, 0.15) is 5.70 Å². The molecule has 1 atom stereocenters. The molecule has 0 bridgehead atoms. The Labute approximate surface area is 262 Å². The average Bonchev–Trinajstić information content (AvgIpc) is 2.99. The van der Waals surface area contributed by atoms with Crippen molar-refractivity contribution in [3.8, 4) is 0 Å². The van der Waals surface area contributed by atoms with Crippen molar-refractivity contribution in [2.75, 3.05) is 10.6 Å². The molecular weight excluding hydrogens is 607 g/mol. The maximum absolute atomic E-state index is 13.3. The number of carbonyl (C=O) groups is 4. The Morgan fingerprint density at radius 1 is 0.791 bits per heavy atom. The van der Waals surface area contributed by atoms with Crippen molar-refractivity contribution >= 4 is 76.0 Å². The fraction of sp³-hybridized carbons (Fsp3) is 0.0625. The molecule has 0 fully saturated rings. The van der Waals surface area contributed by atoms with E-state index in [-0.39, 0.29) is 17.2 Å². The molecule has 0 radical (unpaired) electrons. The smallest absolute Gasteiger partial charge is 0.272 e. The molecule has 4 aromatic carbocycles. The van der Waals surface area contributed by atoms with Crippen LogP contribution < -0.4 is 21.7 Å². The maximum Gasteiger partial charge on any atom is 0.272 e. The van der Waals surface area contributed by atoms with E-state index in [4.69, 9.17) is 28.9 Å². The van der Waals surface area contributed by atoms with Crippen molar-refractivity contribution in [1.82, 2.24) is 5.32 Å². The number of hydrogen-bond acceptors (Lipinski definition) is 5. The minimum atomic E-state index is -0.638. The summed E-state index contributed by atoms with van der Waals surface area (Å²) in [5.74, 6) is -2.02. The van der Waals surface area contributed by atoms with E-state index in [0.717, 1.165) is 4.90 Å². The van der Waals surface area contributed by atoms with Crippen molar-refractivity contribution in [1.29, 1.82) is 0 Å². The van der Waals surface area contributed by atoms with Crippen molar-refractivity contribution in [3.63, 3.8) is 0 Å². The summed E-state index contributed by atoms with van der Waals surface area (Å²) in [6, 6.07) is 26.7. The maximum atomic E-state index is 13.3. The van der Waals surface area contributed by atoms with Crippen LogP contribution in [-0.4, -0.2) is 28.9 Å². The largest absolute Gasteiger partial charge is 0.366 e. The van der Waals surface area contributed by atoms with E-state index >= 15 is 0 Å². The van der Waals surface area contributed by atoms with E-state index in [9.17, 15) is 19.2 Å². The Morgan fingerprint density at radius 3 is 2.07 bits per heavy atom. The van der Waals surface area contributed by atoms with Crippen molar-refractivity contribution in [2.45, 2.75) is 17.1 Å². The van der Waals surface area contributed by atoms with Gasteiger partial charge in [-0.05, 0) is 73.7 Å². The lowest BCUT2D eigenvalue weighted by molar-refractivity contribution is -0.115. The highest BCUT2D eigenvalue weighted by atomic mass is 35.5. The first-order valence-electron chi connectivity index (χ1n) is 12.9. The third-order valence-electron chi connectivity index (χ3n) is 6.06. The second-order valence-corrected chi connectivity index (χ2v) is 11.4. The molecule has 0 aliphatic carbocycles. The fourth-order valence-corrected chi connectivity index (χ4v) is 5.22. The molecule has 0 saturated carbocycles. The molecule has 0 spiro atoms. The Bertz CT molecular complexity index is 1680. The SMILES string of the molecule is CC(Sc1ccc(NC(=O)/C(=C/c2c(Cl)cccc2Cl)NC(=O)c2ccccc2)cc1)C(=O)Nc1ccccc1C(N)=O. The van der Waals surface area contributed by atoms with E-state index in [1.807, 2.05) is 0 Å². The van der Waals surface area contributed by atoms with Crippen LogP contribution in [0.2, 0.25) is 10.0 Å². The number of rotatable bonds is 10. The van der Waals surface area contributed by atoms with Gasteiger partial charge < -0.3 is 21.7 Å². The van der Waals surface area contributed by atoms with Crippen molar-refractivity contribution in [2.24, 2.45) is 5.73 Å². The molecular formula is C32H26Cl2N4O4S. The molecule has 0 aliphatic heterocycles. The number of halogens is 2. The highest BCUT2D eigenvalue weighted by Crippen LogP contribution is 2.28. The highest BCUT2D eigenvalue weighted by molar-refractivity contribution is 8.00. The van der Waals surface area contributed by atoms with Crippen LogP contribution in [0.25, 0.3) is 6.08 Å². The summed E-state index contributed by atoms with van der Waals surface area (Å²) < 4.78 is 0. The number of benzene rings is 4. The molecule has 4 aromatic rings. The Hall–Kier alpha value is -4.57. The summed E-state index contributed by atoms with van der Waals surface area (Å²) in [5, 5.41) is 8.27. The first-order chi connectivity index (χ1) is 20.6. The van der Waals surface area contributed by atoms with Crippen LogP contribution in [0.5, 0.6) is 0 Å². The van der Waals surface area contributed by atoms with Gasteiger partial charge in [0.25, 0.3) is 17.7 Å². The Balaban J connectivity index is 1.46. The summed E-state index contributed by atoms with van der Waals surface area (Å²) in [7, 11) is 0. The van der Waals surface area contributed by atoms with E-state index in [2.05, 4.69) is 16.0 Å². The molecule has 5 N–H and O–H groups in total. The predicted molar refractivity (Wildman–Crippen MR) is 172 cm³/mol. The second-order valence-electron chi connectivity index (χ2n) is 9.15. The Morgan fingerprint density at radius 2 is 1.42 bits per heavy atom. The van der Waals surface area contributed by atoms with Gasteiger partial charge in [-0.1, -0.05) is 59.6 Å². The number of carbonyl (C=O) groups excluding carboxylic acids is 4. The molecule has 4 amide bonds. The number of thioether (sulfide) groups is 1. The molecule has 11 heteroatoms. The monoisotopic (exact) mass is 632 g/mol. The van der Waals surface area contributed by atoms with Crippen molar-refractivity contribution in [3.05, 3.63) is 129 Å². The lowest BCUT2D eigenvalue weighted by atomic mass is 10.1. The van der Waals surface area contributed by atoms with Gasteiger partial charge >= 0.3 is 0 Å². The van der Waals surface area contributed by atoms with Gasteiger partial charge in [0.2, 0.25) is 5.91 Å². The first-order valence-corrected chi connectivity index (χ1v) is 14.6. The van der Waals surface area contributed by atoms with E-state index in [1.165, 1.54) is 17.8 Å². The Kier molecular flexibility index (Phi) is 10.6. The van der Waals surface area contributed by atoms with Crippen LogP contribution in [-0.2, 0) is 9.59 Å². The van der Waals surface area contributed by atoms with E-state index in [1.54, 1.807) is 104 Å². The van der Waals surface area contributed by atoms with Crippen LogP contribution in [0.3, 0.4) is 0 Å². The first kappa shape index (κ1) is 31.4. The number of primary amides is 1. The third-order valence-corrected chi connectivity index (χ3v) is 7.83. The van der Waals surface area contributed by atoms with Gasteiger partial charge in [0, 0.05) is 31.8 Å². The number of anilines is 2. The van der Waals surface area contributed by atoms with Crippen LogP contribution in [0.1, 0.15) is 33.2 Å². The van der Waals surface area contributed by atoms with Crippen LogP contribution in [0.4, 0.5) is 11.4 Å². The zero-order chi connectivity index (χ0) is 30.9. The number of nitrogens with two attached hydrogens (primary N) is 1. The van der Waals surface area contributed by atoms with Crippen LogP contribution in [0.15, 0.2) is 108 Å². The molecule has 1 unspecified atom stereocenters. The summed E-state index contributed by atoms with van der Waals surface area (Å²) in [6.45, 7) is 1.73. The van der Waals surface area contributed by atoms with Gasteiger partial charge in [0.05, 0.1) is 16.5 Å². The van der Waals surface area contributed by atoms with E-state index < -0.39 is 23.0 Å². The van der Waals surface area contributed by atoms with Gasteiger partial charge in [-0.2, -0.15) is 0 Å². The molecule has 8 nitrogen and oxygen atoms in total. The molecule has 0 saturated heterocycles. The lowest BCUT2D eigenvalue weighted by Crippen LogP contribution is -2.30. The molecule has 218 valence electrons. The molecule has 0 heterocycles. The molecule has 0 aromatic heterocycles. The molecule has 43 heavy (non-hydrogen) atoms. The normalized spacial score (nSPS) is 11.7. The lowest BCUT2D eigenvalue weighted by Gasteiger charge is -2.14. The van der Waals surface area contributed by atoms with E-state index in [0.29, 0.717) is 32.5 Å². The van der Waals surface area contributed by atoms with Crippen LogP contribution >= 0.6 is 35.0 Å². The molecule has 0 aliphatic rings. The number of nitrogens with one attached hydrogen (secondary N) is 3. The fourth-order valence-electron chi connectivity index (χ4n) is 3.85. The summed E-state index contributed by atoms with van der Waals surface area (Å²) in [5.41, 5.74) is 7.08. The highest BCUT2D eigenvalue weighted by Gasteiger charge is 2.19. The summed E-state index contributed by atoms with van der Waals surface area (Å²) in [4.78, 5) is 51.4. The number of amides is 4. The van der Waals surface area contributed by atoms with Crippen LogP contribution in [0, 0.1) is 0 Å². The second kappa shape index (κ2) is 14.6. The van der Waals surface area contributed by atoms with Gasteiger partial charge in [-0.3, -0.25) is 19.2 Å². The minimum Gasteiger partial charge on any atom is -0.366 e. The van der Waals surface area contributed by atoms with Crippen molar-refractivity contribution < 1.29 is 19.2 Å². The quantitative estimate of drug-likeness (QED) is 0.115. The predicted octanol–water partition coefficient (Wildman–Crippen LogP) is 6.62. The van der Waals surface area contributed by atoms with Gasteiger partial charge in [-0.25, -0.2) is 0 Å². The molecule has 4 rings (SSSR count). The number of para-hydroxylation sites is 1. The summed E-state index contributed by atoms with van der Waals surface area (Å²) >= 11 is 13.9. The average molecular weight is 634 g/mol. The topological polar surface area (TPSA) is 130 Å². The number of hydrogen-bond donors (Lipinski definition) is 4.